The van der Waals surface area contributed by atoms with Crippen LogP contribution in [-0.2, 0) is 0 Å². The SMILES string of the molecule is Nc1ccccc1/C=N\Nc1ccccc1. The van der Waals surface area contributed by atoms with Crippen LogP contribution < -0.4 is 11.2 Å². The monoisotopic (exact) mass is 211 g/mol. The first-order chi connectivity index (χ1) is 7.86. The Labute approximate surface area is 94.6 Å². The third-order valence-electron chi connectivity index (χ3n) is 2.17. The molecule has 0 atom stereocenters. The molecule has 3 nitrogen and oxygen atoms in total. The maximum atomic E-state index is 5.78. The first kappa shape index (κ1) is 10.2. The second-order valence-electron chi connectivity index (χ2n) is 3.36. The van der Waals surface area contributed by atoms with Gasteiger partial charge in [0.2, 0.25) is 0 Å². The summed E-state index contributed by atoms with van der Waals surface area (Å²) in [5, 5.41) is 4.12. The van der Waals surface area contributed by atoms with E-state index < -0.39 is 0 Å². The van der Waals surface area contributed by atoms with E-state index in [2.05, 4.69) is 10.5 Å². The molecule has 0 fully saturated rings. The molecule has 0 bridgehead atoms. The smallest absolute Gasteiger partial charge is 0.0565 e. The fraction of sp³-hybridized carbons (Fsp3) is 0. The zero-order chi connectivity index (χ0) is 11.2. The molecule has 0 aliphatic carbocycles. The van der Waals surface area contributed by atoms with Crippen molar-refractivity contribution in [1.29, 1.82) is 0 Å². The quantitative estimate of drug-likeness (QED) is 0.466. The van der Waals surface area contributed by atoms with Gasteiger partial charge in [0.05, 0.1) is 11.9 Å². The van der Waals surface area contributed by atoms with Crippen LogP contribution in [0.15, 0.2) is 59.7 Å². The van der Waals surface area contributed by atoms with Gasteiger partial charge in [-0.2, -0.15) is 5.10 Å². The van der Waals surface area contributed by atoms with Gasteiger partial charge < -0.3 is 5.73 Å². The van der Waals surface area contributed by atoms with E-state index in [0.717, 1.165) is 16.9 Å². The number of rotatable bonds is 3. The summed E-state index contributed by atoms with van der Waals surface area (Å²) in [6, 6.07) is 17.4. The molecule has 3 N–H and O–H groups in total. The summed E-state index contributed by atoms with van der Waals surface area (Å²) in [5.41, 5.74) is 11.3. The van der Waals surface area contributed by atoms with E-state index in [4.69, 9.17) is 5.73 Å². The molecule has 80 valence electrons. The third-order valence-corrected chi connectivity index (χ3v) is 2.17. The molecule has 0 aliphatic heterocycles. The number of benzene rings is 2. The molecule has 0 amide bonds. The Morgan fingerprint density at radius 2 is 1.62 bits per heavy atom. The van der Waals surface area contributed by atoms with E-state index in [1.807, 2.05) is 54.6 Å². The minimum absolute atomic E-state index is 0.723. The van der Waals surface area contributed by atoms with Crippen LogP contribution in [0.1, 0.15) is 5.56 Å². The lowest BCUT2D eigenvalue weighted by atomic mass is 10.2. The number of nitrogens with one attached hydrogen (secondary N) is 1. The topological polar surface area (TPSA) is 50.4 Å². The first-order valence-corrected chi connectivity index (χ1v) is 5.05. The summed E-state index contributed by atoms with van der Waals surface area (Å²) in [6.07, 6.45) is 1.71. The molecule has 2 rings (SSSR count). The zero-order valence-corrected chi connectivity index (χ0v) is 8.80. The summed E-state index contributed by atoms with van der Waals surface area (Å²) in [5.74, 6) is 0. The Bertz CT molecular complexity index is 478. The third kappa shape index (κ3) is 2.60. The maximum Gasteiger partial charge on any atom is 0.0565 e. The van der Waals surface area contributed by atoms with Crippen molar-refractivity contribution in [3.63, 3.8) is 0 Å². The van der Waals surface area contributed by atoms with Gasteiger partial charge in [-0.25, -0.2) is 0 Å². The standard InChI is InChI=1S/C13H13N3/c14-13-9-5-4-6-11(13)10-15-16-12-7-2-1-3-8-12/h1-10,16H,14H2/b15-10-. The fourth-order valence-electron chi connectivity index (χ4n) is 1.32. The van der Waals surface area contributed by atoms with Crippen LogP contribution in [0.2, 0.25) is 0 Å². The number of nitrogens with two attached hydrogens (primary N) is 1. The molecule has 2 aromatic carbocycles. The number of hydrogen-bond donors (Lipinski definition) is 2. The van der Waals surface area contributed by atoms with Crippen molar-refractivity contribution in [1.82, 2.24) is 0 Å². The number of nitrogens with zero attached hydrogens (tertiary/aromatic N) is 1. The van der Waals surface area contributed by atoms with Gasteiger partial charge in [-0.15, -0.1) is 0 Å². The van der Waals surface area contributed by atoms with Gasteiger partial charge in [0, 0.05) is 11.3 Å². The van der Waals surface area contributed by atoms with Gasteiger partial charge in [-0.3, -0.25) is 5.43 Å². The second-order valence-corrected chi connectivity index (χ2v) is 3.36. The molecule has 3 heteroatoms. The van der Waals surface area contributed by atoms with Crippen molar-refractivity contribution >= 4 is 17.6 Å². The molecule has 0 radical (unpaired) electrons. The Kier molecular flexibility index (Phi) is 3.18. The summed E-state index contributed by atoms with van der Waals surface area (Å²) in [7, 11) is 0. The zero-order valence-electron chi connectivity index (χ0n) is 8.80. The number of hydrogen-bond acceptors (Lipinski definition) is 3. The van der Waals surface area contributed by atoms with Crippen molar-refractivity contribution in [3.05, 3.63) is 60.2 Å². The average Bonchev–Trinajstić information content (AvgIpc) is 2.33. The predicted molar refractivity (Wildman–Crippen MR) is 68.5 cm³/mol. The normalized spacial score (nSPS) is 10.5. The largest absolute Gasteiger partial charge is 0.398 e. The van der Waals surface area contributed by atoms with E-state index in [1.165, 1.54) is 0 Å². The molecule has 0 heterocycles. The van der Waals surface area contributed by atoms with Crippen molar-refractivity contribution in [2.75, 3.05) is 11.2 Å². The summed E-state index contributed by atoms with van der Waals surface area (Å²) in [4.78, 5) is 0. The van der Waals surface area contributed by atoms with Gasteiger partial charge in [-0.1, -0.05) is 36.4 Å². The lowest BCUT2D eigenvalue weighted by Crippen LogP contribution is -1.94. The van der Waals surface area contributed by atoms with Crippen LogP contribution in [0.4, 0.5) is 11.4 Å². The van der Waals surface area contributed by atoms with Crippen molar-refractivity contribution in [2.45, 2.75) is 0 Å². The molecule has 2 aromatic rings. The molecular formula is C13H13N3. The summed E-state index contributed by atoms with van der Waals surface area (Å²) in [6.45, 7) is 0. The van der Waals surface area contributed by atoms with Crippen molar-refractivity contribution < 1.29 is 0 Å². The second kappa shape index (κ2) is 4.98. The first-order valence-electron chi connectivity index (χ1n) is 5.05. The molecule has 0 saturated carbocycles. The van der Waals surface area contributed by atoms with Gasteiger partial charge in [0.15, 0.2) is 0 Å². The number of anilines is 2. The highest BCUT2D eigenvalue weighted by atomic mass is 15.3. The van der Waals surface area contributed by atoms with Crippen LogP contribution in [0.5, 0.6) is 0 Å². The molecule has 0 saturated heterocycles. The number of nitrogen functional groups attached to an aromatic ring is 1. The van der Waals surface area contributed by atoms with Crippen LogP contribution in [0.25, 0.3) is 0 Å². The Morgan fingerprint density at radius 3 is 2.38 bits per heavy atom. The van der Waals surface area contributed by atoms with E-state index in [0.29, 0.717) is 0 Å². The lowest BCUT2D eigenvalue weighted by molar-refractivity contribution is 1.35. The van der Waals surface area contributed by atoms with Crippen LogP contribution in [0.3, 0.4) is 0 Å². The molecule has 0 unspecified atom stereocenters. The van der Waals surface area contributed by atoms with Gasteiger partial charge >= 0.3 is 0 Å². The van der Waals surface area contributed by atoms with E-state index in [9.17, 15) is 0 Å². The minimum atomic E-state index is 0.723. The van der Waals surface area contributed by atoms with Gasteiger partial charge in [0.1, 0.15) is 0 Å². The van der Waals surface area contributed by atoms with E-state index in [-0.39, 0.29) is 0 Å². The highest BCUT2D eigenvalue weighted by molar-refractivity contribution is 5.87. The van der Waals surface area contributed by atoms with Gasteiger partial charge in [0.25, 0.3) is 0 Å². The minimum Gasteiger partial charge on any atom is -0.398 e. The summed E-state index contributed by atoms with van der Waals surface area (Å²) < 4.78 is 0. The average molecular weight is 211 g/mol. The van der Waals surface area contributed by atoms with Crippen molar-refractivity contribution in [2.24, 2.45) is 5.10 Å². The van der Waals surface area contributed by atoms with Crippen LogP contribution >= 0.6 is 0 Å². The molecular weight excluding hydrogens is 198 g/mol. The Hall–Kier alpha value is -2.29. The number of hydrazone groups is 1. The highest BCUT2D eigenvalue weighted by Gasteiger charge is 1.92. The molecule has 0 spiro atoms. The predicted octanol–water partition coefficient (Wildman–Crippen LogP) is 2.71. The number of para-hydroxylation sites is 2. The van der Waals surface area contributed by atoms with E-state index in [1.54, 1.807) is 6.21 Å². The Morgan fingerprint density at radius 1 is 0.938 bits per heavy atom. The lowest BCUT2D eigenvalue weighted by Gasteiger charge is -2.00. The molecule has 0 aliphatic rings. The molecule has 0 aromatic heterocycles. The van der Waals surface area contributed by atoms with E-state index >= 15 is 0 Å². The summed E-state index contributed by atoms with van der Waals surface area (Å²) >= 11 is 0. The fourth-order valence-corrected chi connectivity index (χ4v) is 1.32. The van der Waals surface area contributed by atoms with Gasteiger partial charge in [-0.05, 0) is 18.2 Å². The van der Waals surface area contributed by atoms with Crippen LogP contribution in [-0.4, -0.2) is 6.21 Å². The highest BCUT2D eigenvalue weighted by Crippen LogP contribution is 2.08. The Balaban J connectivity index is 2.03. The van der Waals surface area contributed by atoms with Crippen LogP contribution in [0, 0.1) is 0 Å². The maximum absolute atomic E-state index is 5.78. The molecule has 16 heavy (non-hydrogen) atoms. The van der Waals surface area contributed by atoms with Crippen molar-refractivity contribution in [3.8, 4) is 0 Å².